The first kappa shape index (κ1) is 13.4. The molecule has 0 aliphatic heterocycles. The van der Waals surface area contributed by atoms with Crippen molar-refractivity contribution in [3.63, 3.8) is 0 Å². The van der Waals surface area contributed by atoms with E-state index >= 15 is 0 Å². The average Bonchev–Trinajstić information content (AvgIpc) is 2.96. The van der Waals surface area contributed by atoms with Crippen molar-refractivity contribution >= 4 is 5.88 Å². The van der Waals surface area contributed by atoms with Gasteiger partial charge in [-0.1, -0.05) is 60.7 Å². The van der Waals surface area contributed by atoms with E-state index in [1.165, 1.54) is 11.1 Å². The summed E-state index contributed by atoms with van der Waals surface area (Å²) in [5.74, 6) is 0.503. The molecule has 4 heteroatoms. The number of hydrogen-bond acceptors (Lipinski definition) is 3. The molecule has 0 saturated carbocycles. The molecule has 0 fully saturated rings. The maximum atomic E-state index is 5.64. The van der Waals surface area contributed by atoms with E-state index in [-0.39, 0.29) is 12.0 Å². The maximum absolute atomic E-state index is 5.64. The van der Waals surface area contributed by atoms with Crippen molar-refractivity contribution < 1.29 is 9.20 Å². The van der Waals surface area contributed by atoms with E-state index in [1.54, 1.807) is 10.9 Å². The zero-order valence-corrected chi connectivity index (χ0v) is 11.9. The molecule has 0 bridgehead atoms. The summed E-state index contributed by atoms with van der Waals surface area (Å²) in [4.78, 5) is 0. The summed E-state index contributed by atoms with van der Waals surface area (Å²) in [6.07, 6.45) is 1.73. The normalized spacial score (nSPS) is 12.5. The second kappa shape index (κ2) is 5.79. The maximum Gasteiger partial charge on any atom is 0.293 e. The van der Waals surface area contributed by atoms with Crippen LogP contribution in [0.5, 0.6) is 0 Å². The highest BCUT2D eigenvalue weighted by Gasteiger charge is 2.31. The fourth-order valence-electron chi connectivity index (χ4n) is 2.69. The van der Waals surface area contributed by atoms with Crippen LogP contribution in [-0.2, 0) is 0 Å². The Morgan fingerprint density at radius 1 is 0.952 bits per heavy atom. The van der Waals surface area contributed by atoms with Crippen molar-refractivity contribution in [1.82, 2.24) is 5.27 Å². The highest BCUT2D eigenvalue weighted by Crippen LogP contribution is 2.31. The van der Waals surface area contributed by atoms with Gasteiger partial charge in [-0.2, -0.15) is 0 Å². The molecule has 0 amide bonds. The molecule has 0 spiro atoms. The number of benzene rings is 2. The number of nitrogen functional groups attached to an aromatic ring is 1. The van der Waals surface area contributed by atoms with Gasteiger partial charge >= 0.3 is 0 Å². The first-order chi connectivity index (χ1) is 10.3. The summed E-state index contributed by atoms with van der Waals surface area (Å²) in [6, 6.07) is 20.9. The van der Waals surface area contributed by atoms with Crippen LogP contribution in [0, 0.1) is 0 Å². The van der Waals surface area contributed by atoms with E-state index in [9.17, 15) is 0 Å². The zero-order chi connectivity index (χ0) is 14.7. The van der Waals surface area contributed by atoms with E-state index in [1.807, 2.05) is 12.1 Å². The van der Waals surface area contributed by atoms with E-state index in [0.29, 0.717) is 5.88 Å². The Morgan fingerprint density at radius 2 is 1.48 bits per heavy atom. The molecule has 0 aliphatic rings. The molecular formula is C17H18N3O+. The quantitative estimate of drug-likeness (QED) is 0.748. The lowest BCUT2D eigenvalue weighted by molar-refractivity contribution is -0.783. The molecule has 1 atom stereocenters. The third kappa shape index (κ3) is 2.79. The van der Waals surface area contributed by atoms with E-state index in [4.69, 9.17) is 10.3 Å². The van der Waals surface area contributed by atoms with Crippen LogP contribution in [0.1, 0.15) is 30.0 Å². The largest absolute Gasteiger partial charge is 0.362 e. The van der Waals surface area contributed by atoms with Crippen LogP contribution in [0.15, 0.2) is 71.4 Å². The van der Waals surface area contributed by atoms with Gasteiger partial charge in [0.15, 0.2) is 6.04 Å². The molecule has 4 nitrogen and oxygen atoms in total. The van der Waals surface area contributed by atoms with Crippen molar-refractivity contribution in [2.45, 2.75) is 18.9 Å². The monoisotopic (exact) mass is 280 g/mol. The van der Waals surface area contributed by atoms with Crippen LogP contribution < -0.4 is 10.4 Å². The van der Waals surface area contributed by atoms with Gasteiger partial charge in [0.25, 0.3) is 12.1 Å². The van der Waals surface area contributed by atoms with Gasteiger partial charge in [-0.05, 0) is 15.8 Å². The first-order valence-corrected chi connectivity index (χ1v) is 6.99. The topological polar surface area (TPSA) is 55.9 Å². The Labute approximate surface area is 123 Å². The van der Waals surface area contributed by atoms with E-state index in [2.05, 4.69) is 60.7 Å². The van der Waals surface area contributed by atoms with Gasteiger partial charge in [0, 0.05) is 6.92 Å². The molecule has 0 aliphatic carbocycles. The Bertz CT molecular complexity index is 655. The van der Waals surface area contributed by atoms with Gasteiger partial charge in [-0.15, -0.1) is 0 Å². The van der Waals surface area contributed by atoms with Crippen LogP contribution in [0.25, 0.3) is 0 Å². The minimum Gasteiger partial charge on any atom is -0.362 e. The molecule has 1 unspecified atom stereocenters. The second-order valence-corrected chi connectivity index (χ2v) is 5.12. The molecule has 3 aromatic rings. The Hall–Kier alpha value is -2.62. The van der Waals surface area contributed by atoms with Crippen molar-refractivity contribution in [2.24, 2.45) is 0 Å². The molecule has 2 aromatic carbocycles. The summed E-state index contributed by atoms with van der Waals surface area (Å²) in [5.41, 5.74) is 8.13. The third-order valence-corrected chi connectivity index (χ3v) is 3.72. The molecule has 1 aromatic heterocycles. The van der Waals surface area contributed by atoms with Crippen LogP contribution in [0.2, 0.25) is 0 Å². The predicted octanol–water partition coefficient (Wildman–Crippen LogP) is 2.94. The number of hydrogen-bond donors (Lipinski definition) is 1. The number of aromatic nitrogens is 2. The molecule has 2 N–H and O–H groups in total. The van der Waals surface area contributed by atoms with Crippen LogP contribution in [0.4, 0.5) is 5.88 Å². The van der Waals surface area contributed by atoms with Gasteiger partial charge in [0.05, 0.1) is 5.92 Å². The molecule has 106 valence electrons. The third-order valence-electron chi connectivity index (χ3n) is 3.72. The number of nitrogens with zero attached hydrogens (tertiary/aromatic N) is 2. The van der Waals surface area contributed by atoms with Gasteiger partial charge in [-0.25, -0.2) is 0 Å². The van der Waals surface area contributed by atoms with Gasteiger partial charge in [0.2, 0.25) is 5.27 Å². The fraction of sp³-hybridized carbons (Fsp3) is 0.176. The molecule has 0 saturated heterocycles. The zero-order valence-electron chi connectivity index (χ0n) is 11.9. The molecule has 3 rings (SSSR count). The van der Waals surface area contributed by atoms with Crippen molar-refractivity contribution in [3.05, 3.63) is 78.0 Å². The average molecular weight is 280 g/mol. The number of nitrogens with two attached hydrogens (primary N) is 1. The molecule has 21 heavy (non-hydrogen) atoms. The standard InChI is InChI=1S/C17H18N3O/c1-13(20-12-16(18)21-19-20)17(14-8-4-2-5-9-14)15-10-6-3-7-11-15/h2-13,17H,18H2,1H3/q+1. The molecular weight excluding hydrogens is 262 g/mol. The van der Waals surface area contributed by atoms with Gasteiger partial charge in [0.1, 0.15) is 0 Å². The van der Waals surface area contributed by atoms with Crippen LogP contribution in [-0.4, -0.2) is 5.27 Å². The minimum absolute atomic E-state index is 0.0934. The Morgan fingerprint density at radius 3 is 1.90 bits per heavy atom. The van der Waals surface area contributed by atoms with Crippen molar-refractivity contribution in [1.29, 1.82) is 0 Å². The molecule has 1 heterocycles. The fourth-order valence-corrected chi connectivity index (χ4v) is 2.69. The number of anilines is 1. The lowest BCUT2D eigenvalue weighted by Crippen LogP contribution is -2.42. The van der Waals surface area contributed by atoms with Crippen LogP contribution in [0.3, 0.4) is 0 Å². The highest BCUT2D eigenvalue weighted by atomic mass is 16.5. The van der Waals surface area contributed by atoms with Crippen molar-refractivity contribution in [2.75, 3.05) is 5.73 Å². The highest BCUT2D eigenvalue weighted by molar-refractivity contribution is 5.32. The van der Waals surface area contributed by atoms with Gasteiger partial charge < -0.3 is 5.73 Å². The molecule has 0 radical (unpaired) electrons. The minimum atomic E-state index is 0.0934. The summed E-state index contributed by atoms with van der Waals surface area (Å²) in [5, 5.41) is 4.00. The first-order valence-electron chi connectivity index (χ1n) is 6.99. The predicted molar refractivity (Wildman–Crippen MR) is 80.5 cm³/mol. The Balaban J connectivity index is 2.04. The lowest BCUT2D eigenvalue weighted by atomic mass is 9.86. The summed E-state index contributed by atoms with van der Waals surface area (Å²) >= 11 is 0. The van der Waals surface area contributed by atoms with Crippen LogP contribution >= 0.6 is 0 Å². The van der Waals surface area contributed by atoms with Crippen molar-refractivity contribution in [3.8, 4) is 0 Å². The van der Waals surface area contributed by atoms with Gasteiger partial charge in [-0.3, -0.25) is 4.52 Å². The Kier molecular flexibility index (Phi) is 3.69. The second-order valence-electron chi connectivity index (χ2n) is 5.12. The van der Waals surface area contributed by atoms with E-state index in [0.717, 1.165) is 0 Å². The number of rotatable bonds is 4. The summed E-state index contributed by atoms with van der Waals surface area (Å²) < 4.78 is 6.78. The lowest BCUT2D eigenvalue weighted by Gasteiger charge is -2.18. The summed E-state index contributed by atoms with van der Waals surface area (Å²) in [6.45, 7) is 2.12. The van der Waals surface area contributed by atoms with E-state index < -0.39 is 0 Å². The SMILES string of the molecule is CC(C(c1ccccc1)c1ccccc1)[n+]1cc(N)on1. The summed E-state index contributed by atoms with van der Waals surface area (Å²) in [7, 11) is 0. The smallest absolute Gasteiger partial charge is 0.293 e.